The number of pyridine rings is 1. The first-order valence-corrected chi connectivity index (χ1v) is 8.43. The third-order valence-corrected chi connectivity index (χ3v) is 3.77. The van der Waals surface area contributed by atoms with Crippen LogP contribution in [0.5, 0.6) is 0 Å². The summed E-state index contributed by atoms with van der Waals surface area (Å²) in [7, 11) is 0. The lowest BCUT2D eigenvalue weighted by Gasteiger charge is -2.06. The van der Waals surface area contributed by atoms with E-state index in [0.29, 0.717) is 16.9 Å². The van der Waals surface area contributed by atoms with E-state index < -0.39 is 16.7 Å². The standard InChI is InChI=1S/C20H15N5O4/c26-19(15-4-3-6-18(12-15)25(28)29)23-16-9-7-14(8-10-16)20(27)24-22-13-17-5-1-2-11-21-17/h1-13H,(H,23,26)(H,24,27)/b22-13-. The molecular formula is C20H15N5O4. The van der Waals surface area contributed by atoms with Crippen LogP contribution in [-0.4, -0.2) is 27.9 Å². The maximum absolute atomic E-state index is 12.2. The second-order valence-electron chi connectivity index (χ2n) is 5.79. The Balaban J connectivity index is 1.60. The summed E-state index contributed by atoms with van der Waals surface area (Å²) in [5, 5.41) is 17.3. The van der Waals surface area contributed by atoms with E-state index in [0.717, 1.165) is 0 Å². The first kappa shape index (κ1) is 19.4. The Morgan fingerprint density at radius 3 is 2.45 bits per heavy atom. The van der Waals surface area contributed by atoms with Gasteiger partial charge in [0.05, 0.1) is 16.8 Å². The summed E-state index contributed by atoms with van der Waals surface area (Å²) in [6, 6.07) is 16.9. The highest BCUT2D eigenvalue weighted by atomic mass is 16.6. The van der Waals surface area contributed by atoms with Crippen LogP contribution >= 0.6 is 0 Å². The normalized spacial score (nSPS) is 10.5. The fourth-order valence-electron chi connectivity index (χ4n) is 2.34. The van der Waals surface area contributed by atoms with Crippen molar-refractivity contribution < 1.29 is 14.5 Å². The van der Waals surface area contributed by atoms with Gasteiger partial charge in [-0.15, -0.1) is 0 Å². The second kappa shape index (κ2) is 9.00. The van der Waals surface area contributed by atoms with Gasteiger partial charge in [-0.3, -0.25) is 24.7 Å². The van der Waals surface area contributed by atoms with E-state index in [9.17, 15) is 19.7 Å². The van der Waals surface area contributed by atoms with Crippen LogP contribution in [0.2, 0.25) is 0 Å². The molecule has 1 heterocycles. The quantitative estimate of drug-likeness (QED) is 0.381. The molecule has 9 nitrogen and oxygen atoms in total. The molecule has 29 heavy (non-hydrogen) atoms. The van der Waals surface area contributed by atoms with Gasteiger partial charge in [0.15, 0.2) is 0 Å². The lowest BCUT2D eigenvalue weighted by Crippen LogP contribution is -2.18. The number of hydrazone groups is 1. The minimum atomic E-state index is -0.569. The smallest absolute Gasteiger partial charge is 0.271 e. The molecule has 0 fully saturated rings. The van der Waals surface area contributed by atoms with Gasteiger partial charge in [-0.05, 0) is 42.5 Å². The number of nitro benzene ring substituents is 1. The molecule has 1 aromatic heterocycles. The molecule has 0 aliphatic rings. The van der Waals surface area contributed by atoms with Crippen molar-refractivity contribution in [2.45, 2.75) is 0 Å². The average molecular weight is 389 g/mol. The Hall–Kier alpha value is -4.40. The molecule has 0 atom stereocenters. The van der Waals surface area contributed by atoms with Crippen molar-refractivity contribution in [1.82, 2.24) is 10.4 Å². The summed E-state index contributed by atoms with van der Waals surface area (Å²) in [5.74, 6) is -0.917. The van der Waals surface area contributed by atoms with Gasteiger partial charge in [0.2, 0.25) is 0 Å². The number of hydrogen-bond donors (Lipinski definition) is 2. The van der Waals surface area contributed by atoms with E-state index in [1.807, 2.05) is 0 Å². The van der Waals surface area contributed by atoms with E-state index in [-0.39, 0.29) is 11.3 Å². The second-order valence-corrected chi connectivity index (χ2v) is 5.79. The number of nitro groups is 1. The monoisotopic (exact) mass is 389 g/mol. The lowest BCUT2D eigenvalue weighted by molar-refractivity contribution is -0.384. The molecule has 9 heteroatoms. The largest absolute Gasteiger partial charge is 0.322 e. The van der Waals surface area contributed by atoms with E-state index in [4.69, 9.17) is 0 Å². The van der Waals surface area contributed by atoms with E-state index in [1.165, 1.54) is 42.6 Å². The van der Waals surface area contributed by atoms with Gasteiger partial charge in [-0.1, -0.05) is 12.1 Å². The number of aromatic nitrogens is 1. The number of non-ortho nitro benzene ring substituents is 1. The molecule has 3 rings (SSSR count). The summed E-state index contributed by atoms with van der Waals surface area (Å²) >= 11 is 0. The third-order valence-electron chi connectivity index (χ3n) is 3.77. The predicted octanol–water partition coefficient (Wildman–Crippen LogP) is 3.01. The molecule has 2 amide bonds. The number of benzene rings is 2. The van der Waals surface area contributed by atoms with E-state index in [2.05, 4.69) is 20.8 Å². The fraction of sp³-hybridized carbons (Fsp3) is 0. The number of amides is 2. The number of nitrogens with zero attached hydrogens (tertiary/aromatic N) is 3. The predicted molar refractivity (Wildman–Crippen MR) is 107 cm³/mol. The molecule has 0 aliphatic heterocycles. The first-order valence-electron chi connectivity index (χ1n) is 8.43. The molecule has 0 radical (unpaired) electrons. The number of carbonyl (C=O) groups is 2. The van der Waals surface area contributed by atoms with Gasteiger partial charge < -0.3 is 5.32 Å². The van der Waals surface area contributed by atoms with Crippen LogP contribution in [0.4, 0.5) is 11.4 Å². The molecule has 0 spiro atoms. The fourth-order valence-corrected chi connectivity index (χ4v) is 2.34. The van der Waals surface area contributed by atoms with Crippen molar-refractivity contribution in [2.24, 2.45) is 5.10 Å². The topological polar surface area (TPSA) is 127 Å². The summed E-state index contributed by atoms with van der Waals surface area (Å²) in [6.07, 6.45) is 3.04. The van der Waals surface area contributed by atoms with Crippen molar-refractivity contribution in [1.29, 1.82) is 0 Å². The molecule has 0 saturated carbocycles. The van der Waals surface area contributed by atoms with Gasteiger partial charge in [-0.2, -0.15) is 5.10 Å². The summed E-state index contributed by atoms with van der Waals surface area (Å²) < 4.78 is 0. The van der Waals surface area contributed by atoms with Gasteiger partial charge in [0.1, 0.15) is 0 Å². The SMILES string of the molecule is O=C(N/N=C\c1ccccn1)c1ccc(NC(=O)c2cccc([N+](=O)[O-])c2)cc1. The van der Waals surface area contributed by atoms with Crippen LogP contribution < -0.4 is 10.7 Å². The van der Waals surface area contributed by atoms with Crippen molar-refractivity contribution >= 4 is 29.4 Å². The van der Waals surface area contributed by atoms with Gasteiger partial charge in [0, 0.05) is 35.1 Å². The van der Waals surface area contributed by atoms with E-state index >= 15 is 0 Å². The number of anilines is 1. The molecule has 0 bridgehead atoms. The van der Waals surface area contributed by atoms with Crippen LogP contribution in [0, 0.1) is 10.1 Å². The minimum Gasteiger partial charge on any atom is -0.322 e. The van der Waals surface area contributed by atoms with Gasteiger partial charge in [0.25, 0.3) is 17.5 Å². The van der Waals surface area contributed by atoms with Crippen LogP contribution in [0.15, 0.2) is 78.0 Å². The minimum absolute atomic E-state index is 0.157. The Bertz CT molecular complexity index is 1070. The van der Waals surface area contributed by atoms with Crippen molar-refractivity contribution in [3.05, 3.63) is 99.9 Å². The lowest BCUT2D eigenvalue weighted by atomic mass is 10.1. The summed E-state index contributed by atoms with van der Waals surface area (Å²) in [6.45, 7) is 0. The maximum atomic E-state index is 12.2. The highest BCUT2D eigenvalue weighted by Crippen LogP contribution is 2.16. The molecule has 0 unspecified atom stereocenters. The number of rotatable bonds is 6. The number of hydrogen-bond acceptors (Lipinski definition) is 6. The molecule has 2 N–H and O–H groups in total. The van der Waals surface area contributed by atoms with Gasteiger partial charge >= 0.3 is 0 Å². The van der Waals surface area contributed by atoms with Crippen molar-refractivity contribution in [2.75, 3.05) is 5.32 Å². The molecule has 0 saturated heterocycles. The van der Waals surface area contributed by atoms with Crippen LogP contribution in [-0.2, 0) is 0 Å². The van der Waals surface area contributed by atoms with Crippen LogP contribution in [0.1, 0.15) is 26.4 Å². The maximum Gasteiger partial charge on any atom is 0.271 e. The Morgan fingerprint density at radius 2 is 1.76 bits per heavy atom. The average Bonchev–Trinajstić information content (AvgIpc) is 2.75. The molecule has 0 aliphatic carbocycles. The molecular weight excluding hydrogens is 374 g/mol. The van der Waals surface area contributed by atoms with Crippen molar-refractivity contribution in [3.8, 4) is 0 Å². The Labute approximate surface area is 165 Å². The Kier molecular flexibility index (Phi) is 6.01. The van der Waals surface area contributed by atoms with Crippen LogP contribution in [0.3, 0.4) is 0 Å². The highest BCUT2D eigenvalue weighted by Gasteiger charge is 2.12. The van der Waals surface area contributed by atoms with Crippen LogP contribution in [0.25, 0.3) is 0 Å². The zero-order valence-electron chi connectivity index (χ0n) is 15.0. The third kappa shape index (κ3) is 5.30. The Morgan fingerprint density at radius 1 is 0.966 bits per heavy atom. The summed E-state index contributed by atoms with van der Waals surface area (Å²) in [4.78, 5) is 38.6. The molecule has 3 aromatic rings. The first-order chi connectivity index (χ1) is 14.0. The molecule has 2 aromatic carbocycles. The summed E-state index contributed by atoms with van der Waals surface area (Å²) in [5.41, 5.74) is 3.76. The zero-order chi connectivity index (χ0) is 20.6. The highest BCUT2D eigenvalue weighted by molar-refractivity contribution is 6.05. The van der Waals surface area contributed by atoms with Gasteiger partial charge in [-0.25, -0.2) is 5.43 Å². The number of nitrogens with one attached hydrogen (secondary N) is 2. The zero-order valence-corrected chi connectivity index (χ0v) is 15.0. The number of carbonyl (C=O) groups excluding carboxylic acids is 2. The van der Waals surface area contributed by atoms with E-state index in [1.54, 1.807) is 36.5 Å². The van der Waals surface area contributed by atoms with Crippen molar-refractivity contribution in [3.63, 3.8) is 0 Å². The molecule has 144 valence electrons.